The molecular weight excluding hydrogens is 168 g/mol. The van der Waals surface area contributed by atoms with E-state index < -0.39 is 0 Å². The number of rotatable bonds is 3. The molecule has 0 bridgehead atoms. The van der Waals surface area contributed by atoms with Gasteiger partial charge in [0, 0.05) is 25.9 Å². The largest absolute Gasteiger partial charge is 0.391 e. The Morgan fingerprint density at radius 2 is 2.31 bits per heavy atom. The highest BCUT2D eigenvalue weighted by Gasteiger charge is 2.08. The van der Waals surface area contributed by atoms with Crippen LogP contribution >= 0.6 is 0 Å². The van der Waals surface area contributed by atoms with E-state index in [1.807, 2.05) is 6.92 Å². The third-order valence-electron chi connectivity index (χ3n) is 1.69. The van der Waals surface area contributed by atoms with Crippen LogP contribution in [0, 0.1) is 12.3 Å². The number of hydrogen-bond acceptors (Lipinski definition) is 5. The first kappa shape index (κ1) is 9.44. The van der Waals surface area contributed by atoms with Crippen molar-refractivity contribution in [1.82, 2.24) is 15.5 Å². The zero-order valence-electron chi connectivity index (χ0n) is 7.88. The van der Waals surface area contributed by atoms with Crippen molar-refractivity contribution in [3.05, 3.63) is 17.4 Å². The van der Waals surface area contributed by atoms with E-state index in [-0.39, 0.29) is 0 Å². The van der Waals surface area contributed by atoms with Crippen LogP contribution < -0.4 is 5.32 Å². The van der Waals surface area contributed by atoms with E-state index in [2.05, 4.69) is 15.5 Å². The fourth-order valence-electron chi connectivity index (χ4n) is 0.884. The molecule has 70 valence electrons. The first-order valence-electron chi connectivity index (χ1n) is 3.88. The summed E-state index contributed by atoms with van der Waals surface area (Å²) in [6.45, 7) is 3.57. The van der Waals surface area contributed by atoms with Crippen LogP contribution in [-0.4, -0.2) is 23.4 Å². The van der Waals surface area contributed by atoms with Crippen molar-refractivity contribution >= 4 is 11.8 Å². The Morgan fingerprint density at radius 3 is 2.69 bits per heavy atom. The average molecular weight is 180 g/mol. The molecule has 0 aromatic carbocycles. The van der Waals surface area contributed by atoms with Crippen molar-refractivity contribution in [2.45, 2.75) is 13.8 Å². The Morgan fingerprint density at radius 1 is 1.62 bits per heavy atom. The van der Waals surface area contributed by atoms with Crippen molar-refractivity contribution < 1.29 is 4.52 Å². The SMILES string of the molecule is CN/C(C)=C(\C=N)c1noc(C)n1. The molecule has 0 aliphatic carbocycles. The summed E-state index contributed by atoms with van der Waals surface area (Å²) in [5.74, 6) is 0.942. The lowest BCUT2D eigenvalue weighted by Gasteiger charge is -2.01. The molecule has 1 heterocycles. The van der Waals surface area contributed by atoms with Crippen molar-refractivity contribution in [1.29, 1.82) is 5.41 Å². The molecule has 13 heavy (non-hydrogen) atoms. The third kappa shape index (κ3) is 1.93. The fraction of sp³-hybridized carbons (Fsp3) is 0.375. The third-order valence-corrected chi connectivity index (χ3v) is 1.69. The second kappa shape index (κ2) is 3.84. The van der Waals surface area contributed by atoms with Gasteiger partial charge in [0.15, 0.2) is 0 Å². The van der Waals surface area contributed by atoms with Gasteiger partial charge in [-0.05, 0) is 6.92 Å². The molecule has 0 saturated heterocycles. The minimum absolute atomic E-state index is 0.444. The van der Waals surface area contributed by atoms with Crippen LogP contribution in [0.5, 0.6) is 0 Å². The Bertz CT molecular complexity index is 340. The first-order chi connectivity index (χ1) is 6.19. The van der Waals surface area contributed by atoms with E-state index in [1.54, 1.807) is 14.0 Å². The molecule has 1 aromatic heterocycles. The summed E-state index contributed by atoms with van der Waals surface area (Å²) in [6, 6.07) is 0. The van der Waals surface area contributed by atoms with Gasteiger partial charge in [0.25, 0.3) is 0 Å². The highest BCUT2D eigenvalue weighted by atomic mass is 16.5. The maximum absolute atomic E-state index is 7.20. The van der Waals surface area contributed by atoms with Crippen molar-refractivity contribution in [3.8, 4) is 0 Å². The summed E-state index contributed by atoms with van der Waals surface area (Å²) in [5, 5.41) is 13.8. The molecule has 0 amide bonds. The molecule has 2 N–H and O–H groups in total. The van der Waals surface area contributed by atoms with Gasteiger partial charge >= 0.3 is 0 Å². The molecule has 1 rings (SSSR count). The monoisotopic (exact) mass is 180 g/mol. The molecule has 0 unspecified atom stereocenters. The predicted molar refractivity (Wildman–Crippen MR) is 49.5 cm³/mol. The smallest absolute Gasteiger partial charge is 0.223 e. The predicted octanol–water partition coefficient (Wildman–Crippen LogP) is 0.978. The van der Waals surface area contributed by atoms with Gasteiger partial charge in [-0.2, -0.15) is 4.98 Å². The molecule has 1 aromatic rings. The average Bonchev–Trinajstić information content (AvgIpc) is 2.53. The number of allylic oxidation sites excluding steroid dienone is 2. The second-order valence-electron chi connectivity index (χ2n) is 2.57. The summed E-state index contributed by atoms with van der Waals surface area (Å²) in [5.41, 5.74) is 1.48. The van der Waals surface area contributed by atoms with Gasteiger partial charge in [0.2, 0.25) is 11.7 Å². The lowest BCUT2D eigenvalue weighted by molar-refractivity contribution is 0.391. The summed E-state index contributed by atoms with van der Waals surface area (Å²) >= 11 is 0. The number of hydrogen-bond donors (Lipinski definition) is 2. The summed E-state index contributed by atoms with van der Waals surface area (Å²) in [4.78, 5) is 4.02. The maximum atomic E-state index is 7.20. The quantitative estimate of drug-likeness (QED) is 0.680. The van der Waals surface area contributed by atoms with Gasteiger partial charge < -0.3 is 15.2 Å². The number of aromatic nitrogens is 2. The molecule has 0 fully saturated rings. The van der Waals surface area contributed by atoms with E-state index in [0.29, 0.717) is 17.3 Å². The lowest BCUT2D eigenvalue weighted by atomic mass is 10.2. The summed E-state index contributed by atoms with van der Waals surface area (Å²) < 4.78 is 4.82. The van der Waals surface area contributed by atoms with E-state index in [4.69, 9.17) is 9.93 Å². The zero-order valence-corrected chi connectivity index (χ0v) is 7.88. The molecule has 0 atom stereocenters. The molecule has 0 radical (unpaired) electrons. The minimum Gasteiger partial charge on any atom is -0.391 e. The summed E-state index contributed by atoms with van der Waals surface area (Å²) in [7, 11) is 1.78. The Balaban J connectivity index is 3.11. The second-order valence-corrected chi connectivity index (χ2v) is 2.57. The Hall–Kier alpha value is -1.65. The minimum atomic E-state index is 0.444. The van der Waals surface area contributed by atoms with E-state index in [1.165, 1.54) is 6.21 Å². The first-order valence-corrected chi connectivity index (χ1v) is 3.88. The number of aryl methyl sites for hydroxylation is 1. The molecule has 0 aliphatic rings. The molecular formula is C8H12N4O. The highest BCUT2D eigenvalue weighted by molar-refractivity contribution is 6.07. The Kier molecular flexibility index (Phi) is 2.79. The van der Waals surface area contributed by atoms with Crippen molar-refractivity contribution in [2.75, 3.05) is 7.05 Å². The van der Waals surface area contributed by atoms with Crippen LogP contribution in [-0.2, 0) is 0 Å². The van der Waals surface area contributed by atoms with Gasteiger partial charge in [-0.1, -0.05) is 5.16 Å². The van der Waals surface area contributed by atoms with Gasteiger partial charge in [0.05, 0.1) is 5.57 Å². The van der Waals surface area contributed by atoms with Gasteiger partial charge in [-0.3, -0.25) is 0 Å². The summed E-state index contributed by atoms with van der Waals surface area (Å²) in [6.07, 6.45) is 1.20. The van der Waals surface area contributed by atoms with Crippen LogP contribution in [0.1, 0.15) is 18.6 Å². The van der Waals surface area contributed by atoms with Gasteiger partial charge in [-0.15, -0.1) is 0 Å². The molecule has 0 saturated carbocycles. The molecule has 5 heteroatoms. The van der Waals surface area contributed by atoms with E-state index in [0.717, 1.165) is 5.70 Å². The van der Waals surface area contributed by atoms with Gasteiger partial charge in [0.1, 0.15) is 0 Å². The van der Waals surface area contributed by atoms with E-state index in [9.17, 15) is 0 Å². The topological polar surface area (TPSA) is 74.8 Å². The van der Waals surface area contributed by atoms with Crippen LogP contribution in [0.25, 0.3) is 5.57 Å². The lowest BCUT2D eigenvalue weighted by Crippen LogP contribution is -2.06. The Labute approximate surface area is 76.4 Å². The van der Waals surface area contributed by atoms with Crippen LogP contribution in [0.15, 0.2) is 10.2 Å². The molecule has 0 aliphatic heterocycles. The number of nitrogens with one attached hydrogen (secondary N) is 2. The highest BCUT2D eigenvalue weighted by Crippen LogP contribution is 2.10. The normalized spacial score (nSPS) is 12.2. The van der Waals surface area contributed by atoms with Crippen LogP contribution in [0.2, 0.25) is 0 Å². The van der Waals surface area contributed by atoms with Gasteiger partial charge in [-0.25, -0.2) is 0 Å². The standard InChI is InChI=1S/C8H12N4O/c1-5(10-3)7(4-9)8-11-6(2)13-12-8/h4,9-10H,1-3H3/b7-5+,9-4?. The molecule has 5 nitrogen and oxygen atoms in total. The van der Waals surface area contributed by atoms with E-state index >= 15 is 0 Å². The number of nitrogens with zero attached hydrogens (tertiary/aromatic N) is 2. The van der Waals surface area contributed by atoms with Crippen molar-refractivity contribution in [3.63, 3.8) is 0 Å². The molecule has 0 spiro atoms. The van der Waals surface area contributed by atoms with Crippen LogP contribution in [0.3, 0.4) is 0 Å². The zero-order chi connectivity index (χ0) is 9.84. The fourth-order valence-corrected chi connectivity index (χ4v) is 0.884. The maximum Gasteiger partial charge on any atom is 0.223 e. The van der Waals surface area contributed by atoms with Crippen molar-refractivity contribution in [2.24, 2.45) is 0 Å². The van der Waals surface area contributed by atoms with Crippen LogP contribution in [0.4, 0.5) is 0 Å².